The summed E-state index contributed by atoms with van der Waals surface area (Å²) in [6.45, 7) is 4.71. The second kappa shape index (κ2) is 10.9. The molecule has 0 bridgehead atoms. The Morgan fingerprint density at radius 3 is 2.25 bits per heavy atom. The topological polar surface area (TPSA) is 63.0 Å². The summed E-state index contributed by atoms with van der Waals surface area (Å²) in [5.41, 5.74) is 5.75. The van der Waals surface area contributed by atoms with Gasteiger partial charge in [-0.15, -0.1) is 0 Å². The molecule has 0 aliphatic carbocycles. The van der Waals surface area contributed by atoms with Crippen molar-refractivity contribution in [1.29, 1.82) is 0 Å². The summed E-state index contributed by atoms with van der Waals surface area (Å²) in [4.78, 5) is 23.1. The fourth-order valence-electron chi connectivity index (χ4n) is 4.71. The van der Waals surface area contributed by atoms with Crippen LogP contribution >= 0.6 is 11.3 Å². The van der Waals surface area contributed by atoms with Crippen LogP contribution in [0.15, 0.2) is 94.7 Å². The van der Waals surface area contributed by atoms with Gasteiger partial charge in [0.1, 0.15) is 0 Å². The number of nitrogens with one attached hydrogen (secondary N) is 1. The monoisotopic (exact) mass is 494 g/mol. The number of aromatic nitrogens is 3. The summed E-state index contributed by atoms with van der Waals surface area (Å²) >= 11 is 1.51. The summed E-state index contributed by atoms with van der Waals surface area (Å²) < 4.78 is 2.65. The molecule has 36 heavy (non-hydrogen) atoms. The molecule has 6 heteroatoms. The second-order valence-electron chi connectivity index (χ2n) is 8.95. The first-order valence-electron chi connectivity index (χ1n) is 12.5. The van der Waals surface area contributed by atoms with Crippen LogP contribution in [0.2, 0.25) is 0 Å². The number of rotatable bonds is 9. The van der Waals surface area contributed by atoms with Crippen molar-refractivity contribution in [2.75, 3.05) is 6.54 Å². The maximum Gasteiger partial charge on any atom is 0.282 e. The second-order valence-corrected chi connectivity index (χ2v) is 9.96. The standard InChI is InChI=1S/C30H30N4OS/c1-3-12-26-28(29(35)34(33-26)30-32-25-17-10-11-18-27(25)36-30)21(2)31-20-19-24(22-13-6-4-7-14-22)23-15-8-5-9-16-23/h4-11,13-18,24,33H,3,12,19-20H2,1-2H3. The molecule has 0 saturated heterocycles. The normalized spacial score (nSPS) is 12.0. The number of hydrogen-bond donors (Lipinski definition) is 1. The molecule has 0 aliphatic rings. The van der Waals surface area contributed by atoms with Gasteiger partial charge >= 0.3 is 0 Å². The number of aliphatic imine (C=N–C) groups is 1. The smallest absolute Gasteiger partial charge is 0.282 e. The summed E-state index contributed by atoms with van der Waals surface area (Å²) in [6.07, 6.45) is 2.58. The molecule has 1 N–H and O–H groups in total. The number of para-hydroxylation sites is 1. The molecule has 0 saturated carbocycles. The molecule has 3 aromatic carbocycles. The number of nitrogens with zero attached hydrogens (tertiary/aromatic N) is 3. The van der Waals surface area contributed by atoms with Crippen LogP contribution in [0.1, 0.15) is 55.0 Å². The Labute approximate surface area is 215 Å². The molecule has 5 nitrogen and oxygen atoms in total. The molecule has 5 rings (SSSR count). The molecule has 0 atom stereocenters. The van der Waals surface area contributed by atoms with Gasteiger partial charge in [0.15, 0.2) is 0 Å². The SMILES string of the molecule is CCCc1[nH]n(-c2nc3ccccc3s2)c(=O)c1C(C)=NCCC(c1ccccc1)c1ccccc1. The zero-order chi connectivity index (χ0) is 24.9. The molecule has 2 aromatic heterocycles. The Kier molecular flexibility index (Phi) is 7.23. The highest BCUT2D eigenvalue weighted by Crippen LogP contribution is 2.28. The van der Waals surface area contributed by atoms with Crippen LogP contribution in [0.5, 0.6) is 0 Å². The maximum absolute atomic E-state index is 13.5. The number of benzene rings is 3. The van der Waals surface area contributed by atoms with E-state index in [0.717, 1.165) is 40.9 Å². The van der Waals surface area contributed by atoms with Crippen LogP contribution in [0.25, 0.3) is 15.3 Å². The van der Waals surface area contributed by atoms with E-state index in [9.17, 15) is 4.79 Å². The van der Waals surface area contributed by atoms with Crippen molar-refractivity contribution in [2.45, 2.75) is 39.0 Å². The Morgan fingerprint density at radius 2 is 1.61 bits per heavy atom. The van der Waals surface area contributed by atoms with Gasteiger partial charge in [0.05, 0.1) is 15.8 Å². The van der Waals surface area contributed by atoms with Gasteiger partial charge < -0.3 is 0 Å². The lowest BCUT2D eigenvalue weighted by Crippen LogP contribution is -2.20. The Bertz CT molecular complexity index is 1460. The minimum atomic E-state index is -0.0820. The van der Waals surface area contributed by atoms with Crippen molar-refractivity contribution in [3.63, 3.8) is 0 Å². The average molecular weight is 495 g/mol. The first-order chi connectivity index (χ1) is 17.7. The number of fused-ring (bicyclic) bond motifs is 1. The van der Waals surface area contributed by atoms with Crippen LogP contribution in [-0.4, -0.2) is 27.0 Å². The van der Waals surface area contributed by atoms with Crippen molar-refractivity contribution in [3.05, 3.63) is 118 Å². The van der Waals surface area contributed by atoms with E-state index in [1.54, 1.807) is 4.68 Å². The third kappa shape index (κ3) is 4.95. The van der Waals surface area contributed by atoms with Crippen molar-refractivity contribution in [1.82, 2.24) is 14.8 Å². The van der Waals surface area contributed by atoms with E-state index in [-0.39, 0.29) is 11.5 Å². The zero-order valence-corrected chi connectivity index (χ0v) is 21.5. The van der Waals surface area contributed by atoms with Crippen molar-refractivity contribution in [3.8, 4) is 5.13 Å². The van der Waals surface area contributed by atoms with E-state index in [4.69, 9.17) is 4.99 Å². The fourth-order valence-corrected chi connectivity index (χ4v) is 5.64. The predicted octanol–water partition coefficient (Wildman–Crippen LogP) is 6.76. The molecule has 0 fully saturated rings. The largest absolute Gasteiger partial charge is 0.292 e. The molecular formula is C30H30N4OS. The summed E-state index contributed by atoms with van der Waals surface area (Å²) in [6, 6.07) is 29.1. The Morgan fingerprint density at radius 1 is 0.972 bits per heavy atom. The van der Waals surface area contributed by atoms with Gasteiger partial charge in [-0.2, -0.15) is 4.68 Å². The number of thiazole rings is 1. The molecule has 0 aliphatic heterocycles. The average Bonchev–Trinajstić information content (AvgIpc) is 3.48. The lowest BCUT2D eigenvalue weighted by Gasteiger charge is -2.17. The third-order valence-corrected chi connectivity index (χ3v) is 7.49. The van der Waals surface area contributed by atoms with Gasteiger partial charge in [-0.1, -0.05) is 97.5 Å². The molecule has 0 spiro atoms. The van der Waals surface area contributed by atoms with Gasteiger partial charge in [0.25, 0.3) is 5.56 Å². The van der Waals surface area contributed by atoms with Crippen molar-refractivity contribution < 1.29 is 0 Å². The van der Waals surface area contributed by atoms with E-state index < -0.39 is 0 Å². The lowest BCUT2D eigenvalue weighted by atomic mass is 9.88. The molecule has 0 unspecified atom stereocenters. The highest BCUT2D eigenvalue weighted by atomic mass is 32.1. The number of aromatic amines is 1. The lowest BCUT2D eigenvalue weighted by molar-refractivity contribution is 0.727. The van der Waals surface area contributed by atoms with Crippen LogP contribution in [0, 0.1) is 0 Å². The van der Waals surface area contributed by atoms with E-state index in [1.165, 1.54) is 22.5 Å². The number of H-pyrrole nitrogens is 1. The molecular weight excluding hydrogens is 464 g/mol. The van der Waals surface area contributed by atoms with Gasteiger partial charge in [-0.3, -0.25) is 14.9 Å². The summed E-state index contributed by atoms with van der Waals surface area (Å²) in [5.74, 6) is 0.254. The molecule has 182 valence electrons. The predicted molar refractivity (Wildman–Crippen MR) is 150 cm³/mol. The Hall–Kier alpha value is -3.77. The molecule has 0 radical (unpaired) electrons. The van der Waals surface area contributed by atoms with Crippen LogP contribution in [-0.2, 0) is 6.42 Å². The maximum atomic E-state index is 13.5. The number of hydrogen-bond acceptors (Lipinski definition) is 4. The molecule has 0 amide bonds. The van der Waals surface area contributed by atoms with Crippen molar-refractivity contribution >= 4 is 27.3 Å². The fraction of sp³-hybridized carbons (Fsp3) is 0.233. The Balaban J connectivity index is 1.44. The summed E-state index contributed by atoms with van der Waals surface area (Å²) in [5, 5.41) is 3.99. The highest BCUT2D eigenvalue weighted by Gasteiger charge is 2.20. The minimum absolute atomic E-state index is 0.0820. The van der Waals surface area contributed by atoms with Gasteiger partial charge in [0.2, 0.25) is 5.13 Å². The molecule has 5 aromatic rings. The van der Waals surface area contributed by atoms with Crippen molar-refractivity contribution in [2.24, 2.45) is 4.99 Å². The van der Waals surface area contributed by atoms with E-state index in [2.05, 4.69) is 65.5 Å². The first kappa shape index (κ1) is 23.9. The van der Waals surface area contributed by atoms with Gasteiger partial charge in [-0.05, 0) is 43.0 Å². The summed E-state index contributed by atoms with van der Waals surface area (Å²) in [7, 11) is 0. The third-order valence-electron chi connectivity index (χ3n) is 6.47. The van der Waals surface area contributed by atoms with E-state index >= 15 is 0 Å². The first-order valence-corrected chi connectivity index (χ1v) is 13.3. The van der Waals surface area contributed by atoms with E-state index in [1.807, 2.05) is 43.3 Å². The minimum Gasteiger partial charge on any atom is -0.292 e. The van der Waals surface area contributed by atoms with E-state index in [0.29, 0.717) is 17.2 Å². The highest BCUT2D eigenvalue weighted by molar-refractivity contribution is 7.20. The molecule has 2 heterocycles. The van der Waals surface area contributed by atoms with Crippen LogP contribution in [0.3, 0.4) is 0 Å². The van der Waals surface area contributed by atoms with Gasteiger partial charge in [-0.25, -0.2) is 4.98 Å². The quantitative estimate of drug-likeness (QED) is 0.230. The van der Waals surface area contributed by atoms with Crippen LogP contribution < -0.4 is 5.56 Å². The van der Waals surface area contributed by atoms with Crippen LogP contribution in [0.4, 0.5) is 0 Å². The number of aryl methyl sites for hydroxylation is 1. The zero-order valence-electron chi connectivity index (χ0n) is 20.6. The van der Waals surface area contributed by atoms with Gasteiger partial charge in [0, 0.05) is 23.9 Å².